The molecule has 34 heavy (non-hydrogen) atoms. The summed E-state index contributed by atoms with van der Waals surface area (Å²) in [6.45, 7) is 6.63. The number of ether oxygens (including phenoxy) is 1. The second-order valence-electron chi connectivity index (χ2n) is 10.3. The van der Waals surface area contributed by atoms with Crippen molar-refractivity contribution in [3.8, 4) is 5.75 Å². The second-order valence-corrected chi connectivity index (χ2v) is 12.7. The third-order valence-corrected chi connectivity index (χ3v) is 8.87. The third kappa shape index (κ3) is 4.89. The van der Waals surface area contributed by atoms with Crippen LogP contribution in [0.3, 0.4) is 0 Å². The van der Waals surface area contributed by atoms with Crippen LogP contribution in [0, 0.1) is 11.2 Å². The van der Waals surface area contributed by atoms with Gasteiger partial charge >= 0.3 is 0 Å². The summed E-state index contributed by atoms with van der Waals surface area (Å²) in [6.07, 6.45) is 1.74. The van der Waals surface area contributed by atoms with Gasteiger partial charge in [0.1, 0.15) is 11.6 Å². The summed E-state index contributed by atoms with van der Waals surface area (Å²) in [7, 11) is -1.91. The van der Waals surface area contributed by atoms with Crippen molar-refractivity contribution in [2.45, 2.75) is 50.6 Å². The van der Waals surface area contributed by atoms with Crippen molar-refractivity contribution in [3.63, 3.8) is 0 Å². The Morgan fingerprint density at radius 2 is 1.76 bits per heavy atom. The molecule has 2 atom stereocenters. The van der Waals surface area contributed by atoms with Crippen molar-refractivity contribution in [2.75, 3.05) is 30.9 Å². The van der Waals surface area contributed by atoms with Gasteiger partial charge < -0.3 is 14.5 Å². The van der Waals surface area contributed by atoms with E-state index in [2.05, 4.69) is 4.90 Å². The highest BCUT2D eigenvalue weighted by Gasteiger charge is 2.43. The van der Waals surface area contributed by atoms with E-state index in [1.807, 2.05) is 20.8 Å². The predicted molar refractivity (Wildman–Crippen MR) is 131 cm³/mol. The molecule has 0 aromatic heterocycles. The molecule has 2 saturated heterocycles. The van der Waals surface area contributed by atoms with Crippen molar-refractivity contribution in [3.05, 3.63) is 52.8 Å². The summed E-state index contributed by atoms with van der Waals surface area (Å²) in [6, 6.07) is 8.84. The minimum Gasteiger partial charge on any atom is -0.495 e. The van der Waals surface area contributed by atoms with Crippen LogP contribution in [-0.2, 0) is 9.84 Å². The Bertz CT molecular complexity index is 1200. The first-order valence-corrected chi connectivity index (χ1v) is 13.4. The van der Waals surface area contributed by atoms with Crippen LogP contribution in [0.4, 0.5) is 10.1 Å². The molecule has 0 saturated carbocycles. The summed E-state index contributed by atoms with van der Waals surface area (Å²) < 4.78 is 45.2. The molecule has 9 heteroatoms. The molecule has 2 fully saturated rings. The summed E-state index contributed by atoms with van der Waals surface area (Å²) in [5.74, 6) is -0.0675. The van der Waals surface area contributed by atoms with Gasteiger partial charge in [-0.2, -0.15) is 0 Å². The third-order valence-electron chi connectivity index (χ3n) is 6.34. The average molecular weight is 509 g/mol. The number of rotatable bonds is 5. The van der Waals surface area contributed by atoms with Crippen LogP contribution in [0.2, 0.25) is 5.02 Å². The van der Waals surface area contributed by atoms with Gasteiger partial charge in [0.15, 0.2) is 9.84 Å². The highest BCUT2D eigenvalue weighted by atomic mass is 35.5. The fourth-order valence-electron chi connectivity index (χ4n) is 5.01. The first-order chi connectivity index (χ1) is 15.9. The number of hydrogen-bond donors (Lipinski definition) is 0. The molecule has 2 aromatic carbocycles. The Morgan fingerprint density at radius 1 is 1.12 bits per heavy atom. The molecule has 4 rings (SSSR count). The van der Waals surface area contributed by atoms with Gasteiger partial charge in [0.25, 0.3) is 5.91 Å². The number of sulfone groups is 1. The number of likely N-dealkylation sites (tertiary alicyclic amines) is 1. The molecule has 2 aliphatic heterocycles. The van der Waals surface area contributed by atoms with E-state index in [0.717, 1.165) is 24.6 Å². The Hall–Kier alpha value is -2.32. The number of carbonyl (C=O) groups excluding carboxylic acids is 1. The zero-order chi connectivity index (χ0) is 24.8. The van der Waals surface area contributed by atoms with E-state index in [1.165, 1.54) is 12.1 Å². The molecule has 0 aliphatic carbocycles. The van der Waals surface area contributed by atoms with Crippen LogP contribution >= 0.6 is 11.6 Å². The molecular weight excluding hydrogens is 479 g/mol. The van der Waals surface area contributed by atoms with Gasteiger partial charge in [-0.3, -0.25) is 4.79 Å². The van der Waals surface area contributed by atoms with Crippen LogP contribution in [-0.4, -0.2) is 57.3 Å². The number of fused-ring (bicyclic) bond motifs is 2. The molecule has 0 N–H and O–H groups in total. The Labute approximate surface area is 205 Å². The molecule has 0 spiro atoms. The molecule has 1 amide bonds. The van der Waals surface area contributed by atoms with E-state index < -0.39 is 15.7 Å². The van der Waals surface area contributed by atoms with Crippen LogP contribution < -0.4 is 9.64 Å². The fraction of sp³-hybridized carbons (Fsp3) is 0.480. The smallest absolute Gasteiger partial charge is 0.255 e. The number of amides is 1. The number of nitrogens with zero attached hydrogens (tertiary/aromatic N) is 2. The lowest BCUT2D eigenvalue weighted by molar-refractivity contribution is 0.0718. The van der Waals surface area contributed by atoms with Crippen molar-refractivity contribution in [2.24, 2.45) is 5.41 Å². The largest absolute Gasteiger partial charge is 0.495 e. The number of methoxy groups -OCH3 is 1. The number of halogens is 2. The average Bonchev–Trinajstić information content (AvgIpc) is 2.99. The van der Waals surface area contributed by atoms with E-state index in [1.54, 1.807) is 30.2 Å². The molecule has 6 nitrogen and oxygen atoms in total. The predicted octanol–water partition coefficient (Wildman–Crippen LogP) is 4.80. The zero-order valence-electron chi connectivity index (χ0n) is 19.8. The van der Waals surface area contributed by atoms with E-state index in [0.29, 0.717) is 18.8 Å². The van der Waals surface area contributed by atoms with Crippen molar-refractivity contribution < 1.29 is 22.3 Å². The Balaban J connectivity index is 1.62. The molecule has 2 bridgehead atoms. The number of anilines is 1. The summed E-state index contributed by atoms with van der Waals surface area (Å²) in [5, 5.41) is 0.0956. The first-order valence-electron chi connectivity index (χ1n) is 11.3. The monoisotopic (exact) mass is 508 g/mol. The lowest BCUT2D eigenvalue weighted by atomic mass is 10.0. The second kappa shape index (κ2) is 9.04. The van der Waals surface area contributed by atoms with Gasteiger partial charge in [-0.1, -0.05) is 32.4 Å². The van der Waals surface area contributed by atoms with Crippen molar-refractivity contribution in [1.82, 2.24) is 4.90 Å². The summed E-state index contributed by atoms with van der Waals surface area (Å²) >= 11 is 6.13. The van der Waals surface area contributed by atoms with Gasteiger partial charge in [0.05, 0.1) is 34.0 Å². The summed E-state index contributed by atoms with van der Waals surface area (Å²) in [4.78, 5) is 17.4. The molecule has 184 valence electrons. The van der Waals surface area contributed by atoms with Gasteiger partial charge in [-0.15, -0.1) is 0 Å². The van der Waals surface area contributed by atoms with Crippen LogP contribution in [0.5, 0.6) is 5.75 Å². The fourth-order valence-corrected chi connectivity index (χ4v) is 7.14. The van der Waals surface area contributed by atoms with Crippen LogP contribution in [0.25, 0.3) is 0 Å². The molecular formula is C25H30ClFN2O4S. The Kier molecular flexibility index (Phi) is 6.59. The van der Waals surface area contributed by atoms with Crippen molar-refractivity contribution >= 4 is 33.0 Å². The normalized spacial score (nSPS) is 20.5. The maximum absolute atomic E-state index is 13.4. The topological polar surface area (TPSA) is 66.9 Å². The van der Waals surface area contributed by atoms with Crippen LogP contribution in [0.15, 0.2) is 41.3 Å². The number of piperazine rings is 1. The standard InChI is InChI=1S/C25H30ClFN2O4S/c1-25(2,3)15-34(31,32)19-8-10-23(33-4)22(12-19)29-17-6-7-18(29)14-28(13-17)24(30)20-9-5-16(27)11-21(20)26/h5,8-12,17-18H,6-7,13-15H2,1-4H3/t17-,18+. The zero-order valence-corrected chi connectivity index (χ0v) is 21.4. The van der Waals surface area contributed by atoms with E-state index in [9.17, 15) is 17.6 Å². The van der Waals surface area contributed by atoms with Gasteiger partial charge in [0, 0.05) is 25.2 Å². The maximum Gasteiger partial charge on any atom is 0.255 e. The van der Waals surface area contributed by atoms with E-state index in [4.69, 9.17) is 16.3 Å². The van der Waals surface area contributed by atoms with Gasteiger partial charge in [-0.05, 0) is 54.7 Å². The number of hydrogen-bond acceptors (Lipinski definition) is 5. The molecule has 2 aliphatic rings. The Morgan fingerprint density at radius 3 is 2.32 bits per heavy atom. The first kappa shape index (κ1) is 24.8. The van der Waals surface area contributed by atoms with Crippen LogP contribution in [0.1, 0.15) is 44.0 Å². The van der Waals surface area contributed by atoms with Gasteiger partial charge in [-0.25, -0.2) is 12.8 Å². The SMILES string of the molecule is COc1ccc(S(=O)(=O)CC(C)(C)C)cc1N1[C@@H]2CC[C@H]1CN(C(=O)c1ccc(F)cc1Cl)C2. The lowest BCUT2D eigenvalue weighted by Gasteiger charge is -2.43. The highest BCUT2D eigenvalue weighted by Crippen LogP contribution is 2.41. The molecule has 2 heterocycles. The highest BCUT2D eigenvalue weighted by molar-refractivity contribution is 7.91. The van der Waals surface area contributed by atoms with E-state index >= 15 is 0 Å². The number of carbonyl (C=O) groups is 1. The number of benzene rings is 2. The van der Waals surface area contributed by atoms with E-state index in [-0.39, 0.29) is 44.6 Å². The summed E-state index contributed by atoms with van der Waals surface area (Å²) in [5.41, 5.74) is 0.645. The quantitative estimate of drug-likeness (QED) is 0.580. The maximum atomic E-state index is 13.4. The lowest BCUT2D eigenvalue weighted by Crippen LogP contribution is -2.55. The molecule has 0 unspecified atom stereocenters. The minimum absolute atomic E-state index is 0.0106. The van der Waals surface area contributed by atoms with Crippen molar-refractivity contribution in [1.29, 1.82) is 0 Å². The molecule has 2 aromatic rings. The van der Waals surface area contributed by atoms with Gasteiger partial charge in [0.2, 0.25) is 0 Å². The molecule has 0 radical (unpaired) electrons. The minimum atomic E-state index is -3.48.